The number of carbonyl (C=O) groups is 1. The van der Waals surface area contributed by atoms with E-state index in [-0.39, 0.29) is 17.1 Å². The summed E-state index contributed by atoms with van der Waals surface area (Å²) in [5.74, 6) is 0.273. The molecule has 0 radical (unpaired) electrons. The fourth-order valence-electron chi connectivity index (χ4n) is 3.37. The van der Waals surface area contributed by atoms with Gasteiger partial charge in [0.15, 0.2) is 15.6 Å². The van der Waals surface area contributed by atoms with Crippen LogP contribution in [0.5, 0.6) is 0 Å². The third-order valence-corrected chi connectivity index (χ3v) is 7.10. The molecule has 0 atom stereocenters. The zero-order valence-corrected chi connectivity index (χ0v) is 16.1. The molecule has 0 spiro atoms. The van der Waals surface area contributed by atoms with Crippen LogP contribution in [0, 0.1) is 6.92 Å². The molecule has 26 heavy (non-hydrogen) atoms. The van der Waals surface area contributed by atoms with E-state index in [9.17, 15) is 13.2 Å². The van der Waals surface area contributed by atoms with Crippen molar-refractivity contribution in [3.8, 4) is 0 Å². The number of aromatic nitrogens is 1. The predicted molar refractivity (Wildman–Crippen MR) is 99.2 cm³/mol. The smallest absolute Gasteiger partial charge is 0.261 e. The molecule has 1 N–H and O–H groups in total. The Kier molecular flexibility index (Phi) is 5.18. The summed E-state index contributed by atoms with van der Waals surface area (Å²) >= 11 is 0. The van der Waals surface area contributed by atoms with E-state index >= 15 is 0 Å². The van der Waals surface area contributed by atoms with E-state index in [2.05, 4.69) is 10.5 Å². The van der Waals surface area contributed by atoms with Gasteiger partial charge in [0.05, 0.1) is 15.8 Å². The van der Waals surface area contributed by atoms with Crippen LogP contribution in [-0.4, -0.2) is 24.7 Å². The predicted octanol–water partition coefficient (Wildman–Crippen LogP) is 4.08. The van der Waals surface area contributed by atoms with Gasteiger partial charge >= 0.3 is 0 Å². The molecule has 0 bridgehead atoms. The molecule has 1 aromatic heterocycles. The molecule has 1 aliphatic rings. The van der Waals surface area contributed by atoms with E-state index in [1.165, 1.54) is 0 Å². The van der Waals surface area contributed by atoms with Crippen LogP contribution < -0.4 is 5.32 Å². The second kappa shape index (κ2) is 7.23. The molecule has 0 unspecified atom stereocenters. The lowest BCUT2D eigenvalue weighted by Gasteiger charge is -2.12. The summed E-state index contributed by atoms with van der Waals surface area (Å²) in [5.41, 5.74) is 1.50. The highest BCUT2D eigenvalue weighted by Gasteiger charge is 2.30. The minimum absolute atomic E-state index is 0.0379. The number of sulfone groups is 1. The Morgan fingerprint density at radius 3 is 2.38 bits per heavy atom. The first-order chi connectivity index (χ1) is 12.3. The Labute approximate surface area is 153 Å². The molecule has 2 aromatic rings. The third-order valence-electron chi connectivity index (χ3n) is 4.82. The monoisotopic (exact) mass is 376 g/mol. The zero-order chi connectivity index (χ0) is 18.9. The molecule has 3 rings (SSSR count). The van der Waals surface area contributed by atoms with E-state index < -0.39 is 9.84 Å². The Hall–Kier alpha value is -2.15. The number of aryl methyl sites for hydroxylation is 1. The molecular weight excluding hydrogens is 352 g/mol. The normalized spacial score (nSPS) is 15.5. The van der Waals surface area contributed by atoms with Gasteiger partial charge in [0.25, 0.3) is 5.91 Å². The lowest BCUT2D eigenvalue weighted by atomic mass is 10.0. The molecule has 1 saturated carbocycles. The third kappa shape index (κ3) is 3.53. The maximum Gasteiger partial charge on any atom is 0.261 e. The van der Waals surface area contributed by atoms with Gasteiger partial charge in [0.2, 0.25) is 0 Å². The first kappa shape index (κ1) is 18.6. The highest BCUT2D eigenvalue weighted by Crippen LogP contribution is 2.30. The summed E-state index contributed by atoms with van der Waals surface area (Å²) in [7, 11) is -3.29. The van der Waals surface area contributed by atoms with Gasteiger partial charge in [-0.05, 0) is 44.0 Å². The minimum Gasteiger partial charge on any atom is -0.360 e. The van der Waals surface area contributed by atoms with Crippen molar-refractivity contribution in [3.63, 3.8) is 0 Å². The molecule has 1 fully saturated rings. The maximum atomic E-state index is 12.6. The van der Waals surface area contributed by atoms with Crippen LogP contribution in [0.3, 0.4) is 0 Å². The van der Waals surface area contributed by atoms with Crippen molar-refractivity contribution in [2.45, 2.75) is 62.5 Å². The Morgan fingerprint density at radius 2 is 1.81 bits per heavy atom. The topological polar surface area (TPSA) is 89.3 Å². The Bertz CT molecular complexity index is 892. The van der Waals surface area contributed by atoms with Crippen LogP contribution in [0.2, 0.25) is 0 Å². The van der Waals surface area contributed by atoms with E-state index in [1.807, 2.05) is 13.8 Å². The second-order valence-electron chi connectivity index (χ2n) is 7.09. The number of benzene rings is 1. The number of nitrogens with zero attached hydrogens (tertiary/aromatic N) is 1. The average molecular weight is 376 g/mol. The molecule has 1 aliphatic carbocycles. The minimum atomic E-state index is -3.29. The molecule has 0 saturated heterocycles. The summed E-state index contributed by atoms with van der Waals surface area (Å²) in [6, 6.07) is 6.37. The molecule has 6 nitrogen and oxygen atoms in total. The van der Waals surface area contributed by atoms with Crippen LogP contribution in [0.15, 0.2) is 33.7 Å². The molecule has 0 aliphatic heterocycles. The Balaban J connectivity index is 1.78. The number of hydrogen-bond acceptors (Lipinski definition) is 5. The zero-order valence-electron chi connectivity index (χ0n) is 15.3. The van der Waals surface area contributed by atoms with Gasteiger partial charge < -0.3 is 9.84 Å². The summed E-state index contributed by atoms with van der Waals surface area (Å²) in [6.07, 6.45) is 3.39. The number of nitrogens with one attached hydrogen (secondary N) is 1. The fourth-order valence-corrected chi connectivity index (χ4v) is 5.22. The van der Waals surface area contributed by atoms with E-state index in [1.54, 1.807) is 31.2 Å². The standard InChI is InChI=1S/C19H24N2O4S/c1-12(2)18-17(13(3)21-25-18)19(22)20-14-8-10-16(11-9-14)26(23,24)15-6-4-5-7-15/h8-12,15H,4-7H2,1-3H3,(H,20,22). The lowest BCUT2D eigenvalue weighted by Crippen LogP contribution is -2.18. The van der Waals surface area contributed by atoms with Crippen molar-refractivity contribution in [2.75, 3.05) is 5.32 Å². The fraction of sp³-hybridized carbons (Fsp3) is 0.474. The first-order valence-electron chi connectivity index (χ1n) is 8.92. The number of amides is 1. The van der Waals surface area contributed by atoms with E-state index in [0.717, 1.165) is 25.7 Å². The SMILES string of the molecule is Cc1noc(C(C)C)c1C(=O)Nc1ccc(S(=O)(=O)C2CCCC2)cc1. The van der Waals surface area contributed by atoms with Crippen molar-refractivity contribution in [1.82, 2.24) is 5.16 Å². The average Bonchev–Trinajstić information content (AvgIpc) is 3.25. The highest BCUT2D eigenvalue weighted by atomic mass is 32.2. The Morgan fingerprint density at radius 1 is 1.19 bits per heavy atom. The molecular formula is C19H24N2O4S. The van der Waals surface area contributed by atoms with Gasteiger partial charge in [0.1, 0.15) is 5.56 Å². The summed E-state index contributed by atoms with van der Waals surface area (Å²) in [4.78, 5) is 12.9. The molecule has 140 valence electrons. The number of anilines is 1. The van der Waals surface area contributed by atoms with Crippen molar-refractivity contribution in [1.29, 1.82) is 0 Å². The quantitative estimate of drug-likeness (QED) is 0.849. The van der Waals surface area contributed by atoms with Gasteiger partial charge in [-0.2, -0.15) is 0 Å². The van der Waals surface area contributed by atoms with Gasteiger partial charge in [0, 0.05) is 11.6 Å². The van der Waals surface area contributed by atoms with Crippen LogP contribution in [0.4, 0.5) is 5.69 Å². The van der Waals surface area contributed by atoms with Crippen LogP contribution in [0.1, 0.15) is 67.3 Å². The van der Waals surface area contributed by atoms with Crippen LogP contribution in [0.25, 0.3) is 0 Å². The van der Waals surface area contributed by atoms with Gasteiger partial charge in [-0.1, -0.05) is 31.8 Å². The molecule has 1 amide bonds. The van der Waals surface area contributed by atoms with Crippen LogP contribution in [-0.2, 0) is 9.84 Å². The highest BCUT2D eigenvalue weighted by molar-refractivity contribution is 7.92. The summed E-state index contributed by atoms with van der Waals surface area (Å²) in [5, 5.41) is 6.39. The number of rotatable bonds is 5. The van der Waals surface area contributed by atoms with Crippen molar-refractivity contribution < 1.29 is 17.7 Å². The van der Waals surface area contributed by atoms with Gasteiger partial charge in [-0.15, -0.1) is 0 Å². The largest absolute Gasteiger partial charge is 0.360 e. The first-order valence-corrected chi connectivity index (χ1v) is 10.5. The van der Waals surface area contributed by atoms with Crippen molar-refractivity contribution in [3.05, 3.63) is 41.3 Å². The van der Waals surface area contributed by atoms with Gasteiger partial charge in [-0.3, -0.25) is 4.79 Å². The van der Waals surface area contributed by atoms with E-state index in [4.69, 9.17) is 4.52 Å². The number of carbonyl (C=O) groups excluding carboxylic acids is 1. The van der Waals surface area contributed by atoms with E-state index in [0.29, 0.717) is 27.6 Å². The maximum absolute atomic E-state index is 12.6. The lowest BCUT2D eigenvalue weighted by molar-refractivity contribution is 0.102. The molecule has 1 aromatic carbocycles. The molecule has 1 heterocycles. The van der Waals surface area contributed by atoms with Crippen molar-refractivity contribution >= 4 is 21.4 Å². The molecule has 7 heteroatoms. The number of hydrogen-bond donors (Lipinski definition) is 1. The summed E-state index contributed by atoms with van der Waals surface area (Å²) < 4.78 is 30.5. The van der Waals surface area contributed by atoms with Gasteiger partial charge in [-0.25, -0.2) is 8.42 Å². The second-order valence-corrected chi connectivity index (χ2v) is 9.32. The summed E-state index contributed by atoms with van der Waals surface area (Å²) in [6.45, 7) is 5.58. The van der Waals surface area contributed by atoms with Crippen LogP contribution >= 0.6 is 0 Å². The van der Waals surface area contributed by atoms with Crippen molar-refractivity contribution in [2.24, 2.45) is 0 Å².